The van der Waals surface area contributed by atoms with E-state index in [1.807, 2.05) is 0 Å². The van der Waals surface area contributed by atoms with Gasteiger partial charge in [0, 0.05) is 10.7 Å². The summed E-state index contributed by atoms with van der Waals surface area (Å²) in [5.41, 5.74) is 1.36. The molecule has 1 atom stereocenters. The SMILES string of the molecule is Cc1cc(Cl)ccc1NC(=O)COC(=O)[C@H](C)NC(=O)c1ccco1. The summed E-state index contributed by atoms with van der Waals surface area (Å²) in [4.78, 5) is 35.5. The number of nitrogens with one attached hydrogen (secondary N) is 2. The third-order valence-electron chi connectivity index (χ3n) is 3.25. The predicted octanol–water partition coefficient (Wildman–Crippen LogP) is 2.54. The zero-order chi connectivity index (χ0) is 18.4. The number of furan rings is 1. The van der Waals surface area contributed by atoms with Crippen LogP contribution in [-0.2, 0) is 14.3 Å². The van der Waals surface area contributed by atoms with Gasteiger partial charge in [-0.05, 0) is 49.7 Å². The highest BCUT2D eigenvalue weighted by Gasteiger charge is 2.20. The number of benzene rings is 1. The topological polar surface area (TPSA) is 97.6 Å². The van der Waals surface area contributed by atoms with Crippen molar-refractivity contribution < 1.29 is 23.5 Å². The molecule has 0 aliphatic rings. The molecule has 0 saturated heterocycles. The van der Waals surface area contributed by atoms with Crippen LogP contribution in [0.4, 0.5) is 5.69 Å². The maximum absolute atomic E-state index is 11.9. The summed E-state index contributed by atoms with van der Waals surface area (Å²) >= 11 is 5.85. The molecule has 2 N–H and O–H groups in total. The third kappa shape index (κ3) is 5.36. The first-order valence-corrected chi connectivity index (χ1v) is 7.81. The van der Waals surface area contributed by atoms with Crippen molar-refractivity contribution in [3.8, 4) is 0 Å². The Bertz CT molecular complexity index is 773. The normalized spacial score (nSPS) is 11.5. The van der Waals surface area contributed by atoms with Crippen LogP contribution in [0.5, 0.6) is 0 Å². The van der Waals surface area contributed by atoms with Crippen molar-refractivity contribution in [1.29, 1.82) is 0 Å². The average molecular weight is 365 g/mol. The number of carbonyl (C=O) groups excluding carboxylic acids is 3. The first kappa shape index (κ1) is 18.5. The molecule has 1 aromatic heterocycles. The molecule has 0 aliphatic heterocycles. The Morgan fingerprint density at radius 1 is 1.28 bits per heavy atom. The van der Waals surface area contributed by atoms with Crippen LogP contribution in [0.15, 0.2) is 41.0 Å². The quantitative estimate of drug-likeness (QED) is 0.767. The molecule has 7 nitrogen and oxygen atoms in total. The molecule has 1 aromatic carbocycles. The van der Waals surface area contributed by atoms with E-state index in [2.05, 4.69) is 10.6 Å². The van der Waals surface area contributed by atoms with Gasteiger partial charge in [-0.25, -0.2) is 4.79 Å². The van der Waals surface area contributed by atoms with Crippen LogP contribution >= 0.6 is 11.6 Å². The van der Waals surface area contributed by atoms with Crippen molar-refractivity contribution in [2.45, 2.75) is 19.9 Å². The van der Waals surface area contributed by atoms with E-state index in [1.54, 1.807) is 31.2 Å². The first-order chi connectivity index (χ1) is 11.9. The number of ether oxygens (including phenoxy) is 1. The number of esters is 1. The molecule has 2 aromatic rings. The van der Waals surface area contributed by atoms with Crippen LogP contribution in [0.2, 0.25) is 5.02 Å². The van der Waals surface area contributed by atoms with Gasteiger partial charge in [-0.15, -0.1) is 0 Å². The summed E-state index contributed by atoms with van der Waals surface area (Å²) in [5.74, 6) is -1.70. The lowest BCUT2D eigenvalue weighted by atomic mass is 10.2. The van der Waals surface area contributed by atoms with E-state index in [-0.39, 0.29) is 5.76 Å². The van der Waals surface area contributed by atoms with Crippen LogP contribution in [0.3, 0.4) is 0 Å². The van der Waals surface area contributed by atoms with Gasteiger partial charge in [0.25, 0.3) is 11.8 Å². The molecule has 1 heterocycles. The smallest absolute Gasteiger partial charge is 0.328 e. The summed E-state index contributed by atoms with van der Waals surface area (Å²) in [5, 5.41) is 5.59. The van der Waals surface area contributed by atoms with Gasteiger partial charge in [0.15, 0.2) is 12.4 Å². The van der Waals surface area contributed by atoms with Crippen molar-refractivity contribution in [3.05, 3.63) is 52.9 Å². The first-order valence-electron chi connectivity index (χ1n) is 7.44. The molecule has 0 bridgehead atoms. The summed E-state index contributed by atoms with van der Waals surface area (Å²) in [6, 6.07) is 7.10. The molecular weight excluding hydrogens is 348 g/mol. The van der Waals surface area contributed by atoms with Crippen LogP contribution in [0.1, 0.15) is 23.0 Å². The lowest BCUT2D eigenvalue weighted by molar-refractivity contribution is -0.148. The fraction of sp³-hybridized carbons (Fsp3) is 0.235. The Morgan fingerprint density at radius 2 is 2.04 bits per heavy atom. The fourth-order valence-electron chi connectivity index (χ4n) is 1.95. The molecule has 0 radical (unpaired) electrons. The second kappa shape index (κ2) is 8.34. The molecule has 2 rings (SSSR count). The molecule has 8 heteroatoms. The molecule has 0 saturated carbocycles. The highest BCUT2D eigenvalue weighted by Crippen LogP contribution is 2.19. The summed E-state index contributed by atoms with van der Waals surface area (Å²) < 4.78 is 9.82. The standard InChI is InChI=1S/C17H17ClN2O5/c1-10-8-12(18)5-6-13(10)20-15(21)9-25-17(23)11(2)19-16(22)14-4-3-7-24-14/h3-8,11H,9H2,1-2H3,(H,19,22)(H,20,21)/t11-/m0/s1. The largest absolute Gasteiger partial charge is 0.459 e. The Kier molecular flexibility index (Phi) is 6.19. The molecule has 2 amide bonds. The van der Waals surface area contributed by atoms with Crippen molar-refractivity contribution in [3.63, 3.8) is 0 Å². The summed E-state index contributed by atoms with van der Waals surface area (Å²) in [6.07, 6.45) is 1.35. The molecule has 0 unspecified atom stereocenters. The molecule has 25 heavy (non-hydrogen) atoms. The zero-order valence-corrected chi connectivity index (χ0v) is 14.4. The molecule has 132 valence electrons. The maximum atomic E-state index is 11.9. The number of carbonyl (C=O) groups is 3. The van der Waals surface area contributed by atoms with E-state index in [0.717, 1.165) is 5.56 Å². The van der Waals surface area contributed by atoms with Crippen molar-refractivity contribution in [2.75, 3.05) is 11.9 Å². The Balaban J connectivity index is 1.80. The number of hydrogen-bond acceptors (Lipinski definition) is 5. The average Bonchev–Trinajstić information content (AvgIpc) is 3.09. The number of rotatable bonds is 6. The number of anilines is 1. The number of aryl methyl sites for hydroxylation is 1. The summed E-state index contributed by atoms with van der Waals surface area (Å²) in [7, 11) is 0. The van der Waals surface area contributed by atoms with Gasteiger partial charge >= 0.3 is 5.97 Å². The molecule has 0 fully saturated rings. The predicted molar refractivity (Wildman–Crippen MR) is 91.4 cm³/mol. The highest BCUT2D eigenvalue weighted by molar-refractivity contribution is 6.30. The monoisotopic (exact) mass is 364 g/mol. The van der Waals surface area contributed by atoms with Gasteiger partial charge in [-0.2, -0.15) is 0 Å². The van der Waals surface area contributed by atoms with Crippen LogP contribution < -0.4 is 10.6 Å². The van der Waals surface area contributed by atoms with Gasteiger partial charge < -0.3 is 19.8 Å². The molecule has 0 spiro atoms. The number of halogens is 1. The van der Waals surface area contributed by atoms with E-state index in [9.17, 15) is 14.4 Å². The van der Waals surface area contributed by atoms with E-state index < -0.39 is 30.4 Å². The van der Waals surface area contributed by atoms with E-state index in [4.69, 9.17) is 20.8 Å². The van der Waals surface area contributed by atoms with E-state index in [0.29, 0.717) is 10.7 Å². The molecular formula is C17H17ClN2O5. The second-order valence-electron chi connectivity index (χ2n) is 5.29. The van der Waals surface area contributed by atoms with Gasteiger partial charge in [0.2, 0.25) is 0 Å². The third-order valence-corrected chi connectivity index (χ3v) is 3.49. The minimum absolute atomic E-state index is 0.0793. The maximum Gasteiger partial charge on any atom is 0.328 e. The minimum Gasteiger partial charge on any atom is -0.459 e. The lowest BCUT2D eigenvalue weighted by Gasteiger charge is -2.13. The lowest BCUT2D eigenvalue weighted by Crippen LogP contribution is -2.40. The van der Waals surface area contributed by atoms with E-state index >= 15 is 0 Å². The van der Waals surface area contributed by atoms with Gasteiger partial charge in [0.05, 0.1) is 6.26 Å². The molecule has 0 aliphatic carbocycles. The minimum atomic E-state index is -0.928. The second-order valence-corrected chi connectivity index (χ2v) is 5.72. The Hall–Kier alpha value is -2.80. The van der Waals surface area contributed by atoms with Crippen LogP contribution in [0, 0.1) is 6.92 Å². The van der Waals surface area contributed by atoms with Gasteiger partial charge in [-0.3, -0.25) is 9.59 Å². The van der Waals surface area contributed by atoms with Crippen molar-refractivity contribution in [2.24, 2.45) is 0 Å². The fourth-order valence-corrected chi connectivity index (χ4v) is 2.18. The van der Waals surface area contributed by atoms with Crippen molar-refractivity contribution in [1.82, 2.24) is 5.32 Å². The number of amides is 2. The highest BCUT2D eigenvalue weighted by atomic mass is 35.5. The van der Waals surface area contributed by atoms with Gasteiger partial charge in [0.1, 0.15) is 6.04 Å². The Labute approximate surface area is 149 Å². The summed E-state index contributed by atoms with van der Waals surface area (Å²) in [6.45, 7) is 2.77. The van der Waals surface area contributed by atoms with E-state index in [1.165, 1.54) is 19.3 Å². The number of hydrogen-bond donors (Lipinski definition) is 2. The van der Waals surface area contributed by atoms with Crippen LogP contribution in [-0.4, -0.2) is 30.4 Å². The Morgan fingerprint density at radius 3 is 2.68 bits per heavy atom. The van der Waals surface area contributed by atoms with Gasteiger partial charge in [-0.1, -0.05) is 11.6 Å². The zero-order valence-electron chi connectivity index (χ0n) is 13.7. The van der Waals surface area contributed by atoms with Crippen LogP contribution in [0.25, 0.3) is 0 Å². The van der Waals surface area contributed by atoms with Crippen molar-refractivity contribution >= 4 is 35.1 Å².